The molecule has 0 amide bonds. The van der Waals surface area contributed by atoms with Gasteiger partial charge in [0.1, 0.15) is 0 Å². The number of carbonyl (C=O) groups is 1. The monoisotopic (exact) mass is 447 g/mol. The summed E-state index contributed by atoms with van der Waals surface area (Å²) in [6.07, 6.45) is 2.29. The molecular formula is C29H25N3O2. The van der Waals surface area contributed by atoms with Crippen LogP contribution in [0.15, 0.2) is 71.7 Å². The van der Waals surface area contributed by atoms with Gasteiger partial charge < -0.3 is 9.67 Å². The van der Waals surface area contributed by atoms with E-state index in [9.17, 15) is 15.2 Å². The molecule has 0 unspecified atom stereocenters. The number of carboxylic acids is 1. The molecule has 1 N–H and O–H groups in total. The molecule has 0 radical (unpaired) electrons. The van der Waals surface area contributed by atoms with Crippen molar-refractivity contribution < 1.29 is 9.90 Å². The van der Waals surface area contributed by atoms with Crippen LogP contribution in [0.25, 0.3) is 22.0 Å². The van der Waals surface area contributed by atoms with Crippen molar-refractivity contribution in [2.75, 3.05) is 0 Å². The van der Waals surface area contributed by atoms with Crippen molar-refractivity contribution in [2.45, 2.75) is 38.8 Å². The summed E-state index contributed by atoms with van der Waals surface area (Å²) in [6, 6.07) is 24.2. The van der Waals surface area contributed by atoms with Crippen molar-refractivity contribution in [1.29, 1.82) is 5.26 Å². The SMILES string of the molecule is CC(C)(CC#N)c1c(-c2ccc(C(=O)O)cc2)c2cc3c(cc2n1Cc1ccccc1)C=NC3. The van der Waals surface area contributed by atoms with Crippen LogP contribution in [0.5, 0.6) is 0 Å². The van der Waals surface area contributed by atoms with Gasteiger partial charge in [-0.3, -0.25) is 4.99 Å². The summed E-state index contributed by atoms with van der Waals surface area (Å²) >= 11 is 0. The van der Waals surface area contributed by atoms with Crippen molar-refractivity contribution in [3.63, 3.8) is 0 Å². The molecule has 168 valence electrons. The quantitative estimate of drug-likeness (QED) is 0.383. The molecule has 1 aliphatic heterocycles. The third-order valence-electron chi connectivity index (χ3n) is 6.58. The highest BCUT2D eigenvalue weighted by molar-refractivity contribution is 6.03. The van der Waals surface area contributed by atoms with Crippen molar-refractivity contribution in [2.24, 2.45) is 4.99 Å². The normalized spacial score (nSPS) is 12.6. The second-order valence-corrected chi connectivity index (χ2v) is 9.43. The molecule has 0 aliphatic carbocycles. The number of aromatic carboxylic acids is 1. The molecule has 34 heavy (non-hydrogen) atoms. The number of aliphatic imine (C=N–C) groups is 1. The van der Waals surface area contributed by atoms with Crippen molar-refractivity contribution in [3.8, 4) is 17.2 Å². The summed E-state index contributed by atoms with van der Waals surface area (Å²) in [7, 11) is 0. The van der Waals surface area contributed by atoms with E-state index in [1.54, 1.807) is 12.1 Å². The maximum absolute atomic E-state index is 11.5. The number of hydrogen-bond acceptors (Lipinski definition) is 3. The number of hydrogen-bond donors (Lipinski definition) is 1. The van der Waals surface area contributed by atoms with Gasteiger partial charge in [-0.1, -0.05) is 56.3 Å². The Labute approximate surface area is 198 Å². The second-order valence-electron chi connectivity index (χ2n) is 9.43. The van der Waals surface area contributed by atoms with Crippen molar-refractivity contribution >= 4 is 23.1 Å². The van der Waals surface area contributed by atoms with Gasteiger partial charge in [-0.25, -0.2) is 4.79 Å². The van der Waals surface area contributed by atoms with Gasteiger partial charge >= 0.3 is 5.97 Å². The van der Waals surface area contributed by atoms with E-state index in [0.717, 1.165) is 33.3 Å². The van der Waals surface area contributed by atoms with Gasteiger partial charge in [-0.15, -0.1) is 0 Å². The summed E-state index contributed by atoms with van der Waals surface area (Å²) in [6.45, 7) is 5.54. The molecule has 0 saturated heterocycles. The van der Waals surface area contributed by atoms with Gasteiger partial charge in [0, 0.05) is 46.8 Å². The molecule has 0 spiro atoms. The first-order chi connectivity index (χ1) is 16.4. The Morgan fingerprint density at radius 3 is 2.53 bits per heavy atom. The van der Waals surface area contributed by atoms with E-state index in [1.807, 2.05) is 36.5 Å². The number of aromatic nitrogens is 1. The van der Waals surface area contributed by atoms with Gasteiger partial charge in [0.25, 0.3) is 0 Å². The largest absolute Gasteiger partial charge is 0.478 e. The number of nitriles is 1. The van der Waals surface area contributed by atoms with Gasteiger partial charge in [0.05, 0.1) is 18.2 Å². The van der Waals surface area contributed by atoms with Crippen LogP contribution >= 0.6 is 0 Å². The highest BCUT2D eigenvalue weighted by Crippen LogP contribution is 2.44. The standard InChI is InChI=1S/C29H25N3O2/c1-29(2,12-13-30)27-26(20-8-10-21(11-9-20)28(33)34)24-14-22-16-31-17-23(22)15-25(24)32(27)18-19-6-4-3-5-7-19/h3-11,14-15,17H,12,16,18H2,1-2H3,(H,33,34). The van der Waals surface area contributed by atoms with Crippen LogP contribution in [0.4, 0.5) is 0 Å². The van der Waals surface area contributed by atoms with Crippen LogP contribution < -0.4 is 0 Å². The molecule has 5 rings (SSSR count). The zero-order valence-electron chi connectivity index (χ0n) is 19.2. The lowest BCUT2D eigenvalue weighted by atomic mass is 9.81. The van der Waals surface area contributed by atoms with E-state index < -0.39 is 11.4 Å². The van der Waals surface area contributed by atoms with Gasteiger partial charge in [0.15, 0.2) is 0 Å². The molecule has 0 saturated carbocycles. The van der Waals surface area contributed by atoms with E-state index in [0.29, 0.717) is 19.5 Å². The molecule has 1 aliphatic rings. The van der Waals surface area contributed by atoms with Crippen LogP contribution in [0.3, 0.4) is 0 Å². The molecule has 1 aromatic heterocycles. The summed E-state index contributed by atoms with van der Waals surface area (Å²) in [4.78, 5) is 15.9. The molecule has 0 atom stereocenters. The van der Waals surface area contributed by atoms with E-state index in [1.165, 1.54) is 11.1 Å². The minimum absolute atomic E-state index is 0.254. The predicted octanol–water partition coefficient (Wildman–Crippen LogP) is 6.18. The lowest BCUT2D eigenvalue weighted by molar-refractivity contribution is 0.0697. The van der Waals surface area contributed by atoms with Crippen molar-refractivity contribution in [1.82, 2.24) is 4.57 Å². The van der Waals surface area contributed by atoms with E-state index in [4.69, 9.17) is 0 Å². The summed E-state index contributed by atoms with van der Waals surface area (Å²) in [5.74, 6) is -0.946. The zero-order chi connectivity index (χ0) is 23.9. The lowest BCUT2D eigenvalue weighted by Gasteiger charge is -2.26. The number of carboxylic acid groups (broad SMARTS) is 1. The number of fused-ring (bicyclic) bond motifs is 2. The fraction of sp³-hybridized carbons (Fsp3) is 0.207. The van der Waals surface area contributed by atoms with Gasteiger partial charge in [-0.2, -0.15) is 5.26 Å². The minimum atomic E-state index is -0.946. The Kier molecular flexibility index (Phi) is 5.30. The van der Waals surface area contributed by atoms with Crippen LogP contribution in [0, 0.1) is 11.3 Å². The number of nitrogens with zero attached hydrogens (tertiary/aromatic N) is 3. The number of rotatable bonds is 6. The van der Waals surface area contributed by atoms with Crippen LogP contribution in [-0.2, 0) is 18.5 Å². The Balaban J connectivity index is 1.85. The fourth-order valence-corrected chi connectivity index (χ4v) is 4.94. The topological polar surface area (TPSA) is 78.4 Å². The molecule has 0 bridgehead atoms. The van der Waals surface area contributed by atoms with Gasteiger partial charge in [0.2, 0.25) is 0 Å². The summed E-state index contributed by atoms with van der Waals surface area (Å²) in [5.41, 5.74) is 7.47. The van der Waals surface area contributed by atoms with Crippen LogP contribution in [0.1, 0.15) is 53.0 Å². The molecular weight excluding hydrogens is 422 g/mol. The average molecular weight is 448 g/mol. The third kappa shape index (κ3) is 3.68. The van der Waals surface area contributed by atoms with Crippen LogP contribution in [0.2, 0.25) is 0 Å². The molecule has 0 fully saturated rings. The Morgan fingerprint density at radius 1 is 1.12 bits per heavy atom. The molecule has 3 aromatic carbocycles. The molecule has 5 heteroatoms. The van der Waals surface area contributed by atoms with E-state index in [2.05, 4.69) is 53.7 Å². The maximum Gasteiger partial charge on any atom is 0.335 e. The predicted molar refractivity (Wildman–Crippen MR) is 134 cm³/mol. The second kappa shape index (κ2) is 8.31. The van der Waals surface area contributed by atoms with E-state index >= 15 is 0 Å². The van der Waals surface area contributed by atoms with Crippen molar-refractivity contribution in [3.05, 3.63) is 94.7 Å². The zero-order valence-corrected chi connectivity index (χ0v) is 19.2. The molecule has 5 nitrogen and oxygen atoms in total. The third-order valence-corrected chi connectivity index (χ3v) is 6.58. The van der Waals surface area contributed by atoms with Crippen LogP contribution in [-0.4, -0.2) is 21.9 Å². The fourth-order valence-electron chi connectivity index (χ4n) is 4.94. The Hall–Kier alpha value is -4.17. The summed E-state index contributed by atoms with van der Waals surface area (Å²) in [5, 5.41) is 20.2. The smallest absolute Gasteiger partial charge is 0.335 e. The molecule has 2 heterocycles. The lowest BCUT2D eigenvalue weighted by Crippen LogP contribution is -2.22. The maximum atomic E-state index is 11.5. The highest BCUT2D eigenvalue weighted by atomic mass is 16.4. The molecule has 4 aromatic rings. The number of benzene rings is 3. The van der Waals surface area contributed by atoms with Gasteiger partial charge in [-0.05, 0) is 46.5 Å². The van der Waals surface area contributed by atoms with E-state index in [-0.39, 0.29) is 5.56 Å². The minimum Gasteiger partial charge on any atom is -0.478 e. The Bertz CT molecular complexity index is 1470. The summed E-state index contributed by atoms with van der Waals surface area (Å²) < 4.78 is 2.33. The Morgan fingerprint density at radius 2 is 1.85 bits per heavy atom. The first-order valence-corrected chi connectivity index (χ1v) is 11.3. The first kappa shape index (κ1) is 21.7. The average Bonchev–Trinajstić information content (AvgIpc) is 3.41. The highest BCUT2D eigenvalue weighted by Gasteiger charge is 2.32. The first-order valence-electron chi connectivity index (χ1n) is 11.3.